The van der Waals surface area contributed by atoms with E-state index in [2.05, 4.69) is 109 Å². The molecule has 4 aromatic rings. The monoisotopic (exact) mass is 536 g/mol. The Labute approximate surface area is 238 Å². The highest BCUT2D eigenvalue weighted by Crippen LogP contribution is 2.35. The Morgan fingerprint density at radius 1 is 0.600 bits per heavy atom. The van der Waals surface area contributed by atoms with Crippen LogP contribution in [0.15, 0.2) is 85.5 Å². The summed E-state index contributed by atoms with van der Waals surface area (Å²) in [5, 5.41) is 0. The topological polar surface area (TPSA) is 50.7 Å². The molecule has 0 aliphatic carbocycles. The van der Waals surface area contributed by atoms with Gasteiger partial charge < -0.3 is 19.3 Å². The van der Waals surface area contributed by atoms with Crippen molar-refractivity contribution in [1.29, 1.82) is 0 Å². The molecule has 2 aliphatic heterocycles. The van der Waals surface area contributed by atoms with Crippen LogP contribution in [0.1, 0.15) is 34.5 Å². The molecule has 2 atom stereocenters. The predicted octanol–water partition coefficient (Wildman–Crippen LogP) is 5.85. The van der Waals surface area contributed by atoms with E-state index in [0.29, 0.717) is 0 Å². The molecule has 0 N–H and O–H groups in total. The highest BCUT2D eigenvalue weighted by Gasteiger charge is 2.24. The lowest BCUT2D eigenvalue weighted by atomic mass is 9.90. The van der Waals surface area contributed by atoms with Crippen LogP contribution in [-0.2, 0) is 22.3 Å². The van der Waals surface area contributed by atoms with E-state index in [4.69, 9.17) is 9.47 Å². The summed E-state index contributed by atoms with van der Waals surface area (Å²) in [4.78, 5) is 12.6. The molecule has 0 saturated carbocycles. The molecule has 4 heterocycles. The molecule has 2 aromatic heterocycles. The summed E-state index contributed by atoms with van der Waals surface area (Å²) < 4.78 is 11.9. The number of pyridine rings is 2. The zero-order chi connectivity index (χ0) is 27.9. The van der Waals surface area contributed by atoms with E-state index >= 15 is 0 Å². The lowest BCUT2D eigenvalue weighted by Crippen LogP contribution is -2.27. The number of ether oxygens (including phenoxy) is 2. The minimum Gasteiger partial charge on any atom is -0.372 e. The molecule has 0 unspecified atom stereocenters. The molecule has 6 nitrogen and oxygen atoms in total. The number of rotatable bonds is 6. The van der Waals surface area contributed by atoms with E-state index in [-0.39, 0.29) is 12.2 Å². The Morgan fingerprint density at radius 2 is 1.00 bits per heavy atom. The van der Waals surface area contributed by atoms with Gasteiger partial charge in [0.15, 0.2) is 0 Å². The fraction of sp³-hybridized carbons (Fsp3) is 0.353. The molecule has 208 valence electrons. The second kappa shape index (κ2) is 13.3. The van der Waals surface area contributed by atoms with Gasteiger partial charge in [-0.2, -0.15) is 0 Å². The van der Waals surface area contributed by atoms with Crippen molar-refractivity contribution in [2.45, 2.75) is 25.0 Å². The second-order valence-corrected chi connectivity index (χ2v) is 11.0. The lowest BCUT2D eigenvalue weighted by Gasteiger charge is -2.29. The van der Waals surface area contributed by atoms with Gasteiger partial charge in [0.25, 0.3) is 0 Å². The fourth-order valence-electron chi connectivity index (χ4n) is 5.73. The van der Waals surface area contributed by atoms with Crippen molar-refractivity contribution in [1.82, 2.24) is 19.8 Å². The van der Waals surface area contributed by atoms with E-state index in [1.807, 2.05) is 24.8 Å². The molecule has 0 saturated heterocycles. The third-order valence-corrected chi connectivity index (χ3v) is 7.51. The first kappa shape index (κ1) is 28.1. The van der Waals surface area contributed by atoms with Crippen LogP contribution >= 0.6 is 0 Å². The van der Waals surface area contributed by atoms with Gasteiger partial charge in [-0.15, -0.1) is 0 Å². The molecule has 0 spiro atoms. The zero-order valence-electron chi connectivity index (χ0n) is 24.1. The van der Waals surface area contributed by atoms with E-state index in [9.17, 15) is 0 Å². The van der Waals surface area contributed by atoms with Crippen molar-refractivity contribution in [2.24, 2.45) is 0 Å². The first-order valence-electron chi connectivity index (χ1n) is 14.1. The number of fused-ring (bicyclic) bond motifs is 2. The van der Waals surface area contributed by atoms with Crippen molar-refractivity contribution >= 4 is 0 Å². The van der Waals surface area contributed by atoms with E-state index in [1.54, 1.807) is 0 Å². The lowest BCUT2D eigenvalue weighted by molar-refractivity contribution is 0.0255. The summed E-state index contributed by atoms with van der Waals surface area (Å²) in [6, 6.07) is 21.4. The molecule has 2 aromatic carbocycles. The molecule has 0 bridgehead atoms. The summed E-state index contributed by atoms with van der Waals surface area (Å²) in [5.41, 5.74) is 10.6. The zero-order valence-corrected chi connectivity index (χ0v) is 24.1. The predicted molar refractivity (Wildman–Crippen MR) is 161 cm³/mol. The van der Waals surface area contributed by atoms with Gasteiger partial charge in [0.2, 0.25) is 0 Å². The number of nitrogens with zero attached hydrogens (tertiary/aromatic N) is 4. The minimum atomic E-state index is 0.176. The quantitative estimate of drug-likeness (QED) is 0.308. The fourth-order valence-corrected chi connectivity index (χ4v) is 5.73. The maximum absolute atomic E-state index is 5.95. The van der Waals surface area contributed by atoms with Gasteiger partial charge in [-0.05, 0) is 110 Å². The van der Waals surface area contributed by atoms with E-state index < -0.39 is 0 Å². The van der Waals surface area contributed by atoms with Gasteiger partial charge in [-0.3, -0.25) is 9.97 Å². The molecule has 0 amide bonds. The Balaban J connectivity index is 0.000000161. The average Bonchev–Trinajstić information content (AvgIpc) is 2.98. The van der Waals surface area contributed by atoms with E-state index in [1.165, 1.54) is 44.5 Å². The Kier molecular flexibility index (Phi) is 9.34. The van der Waals surface area contributed by atoms with Crippen LogP contribution in [0, 0.1) is 0 Å². The van der Waals surface area contributed by atoms with Crippen LogP contribution in [0.4, 0.5) is 0 Å². The molecule has 6 rings (SSSR count). The summed E-state index contributed by atoms with van der Waals surface area (Å²) >= 11 is 0. The standard InChI is InChI=1S/2C17H20N2O/c2*1-19(2)12-17-16-5-3-4-14(15(16)8-11-20-17)13-6-9-18-10-7-13/h2*3-7,9-10,17H,8,11-12H2,1-2H3/t2*17-/m10/s1. The normalized spacial score (nSPS) is 18.1. The molecule has 2 aliphatic rings. The SMILES string of the molecule is CN(C)C[C@@H]1OCCc2c(-c3ccncc3)cccc21.CN(C)C[C@H]1OCCc2c(-c3ccncc3)cccc21. The average molecular weight is 537 g/mol. The number of hydrogen-bond acceptors (Lipinski definition) is 6. The van der Waals surface area contributed by atoms with Crippen molar-refractivity contribution in [2.75, 3.05) is 54.5 Å². The van der Waals surface area contributed by atoms with Crippen LogP contribution in [0.3, 0.4) is 0 Å². The summed E-state index contributed by atoms with van der Waals surface area (Å²) in [7, 11) is 8.35. The van der Waals surface area contributed by atoms with Crippen molar-refractivity contribution in [3.63, 3.8) is 0 Å². The first-order valence-corrected chi connectivity index (χ1v) is 14.1. The van der Waals surface area contributed by atoms with Gasteiger partial charge in [-0.25, -0.2) is 0 Å². The minimum absolute atomic E-state index is 0.176. The largest absolute Gasteiger partial charge is 0.372 e. The van der Waals surface area contributed by atoms with Crippen LogP contribution in [0.25, 0.3) is 22.3 Å². The van der Waals surface area contributed by atoms with Gasteiger partial charge in [0, 0.05) is 37.9 Å². The Bertz CT molecular complexity index is 1270. The molecule has 0 fully saturated rings. The summed E-state index contributed by atoms with van der Waals surface area (Å²) in [5.74, 6) is 0. The van der Waals surface area contributed by atoms with Gasteiger partial charge in [-0.1, -0.05) is 36.4 Å². The number of benzene rings is 2. The van der Waals surface area contributed by atoms with Crippen molar-refractivity contribution in [3.8, 4) is 22.3 Å². The maximum Gasteiger partial charge on any atom is 0.0954 e. The number of aromatic nitrogens is 2. The van der Waals surface area contributed by atoms with Crippen molar-refractivity contribution < 1.29 is 9.47 Å². The third kappa shape index (κ3) is 6.65. The molecular formula is C34H40N4O2. The van der Waals surface area contributed by atoms with Crippen LogP contribution in [0.5, 0.6) is 0 Å². The van der Waals surface area contributed by atoms with Crippen LogP contribution in [0.2, 0.25) is 0 Å². The molecule has 0 radical (unpaired) electrons. The third-order valence-electron chi connectivity index (χ3n) is 7.51. The van der Waals surface area contributed by atoms with Gasteiger partial charge >= 0.3 is 0 Å². The highest BCUT2D eigenvalue weighted by molar-refractivity contribution is 5.70. The smallest absolute Gasteiger partial charge is 0.0954 e. The summed E-state index contributed by atoms with van der Waals surface area (Å²) in [6.45, 7) is 3.45. The maximum atomic E-state index is 5.95. The van der Waals surface area contributed by atoms with E-state index in [0.717, 1.165) is 39.1 Å². The van der Waals surface area contributed by atoms with Crippen LogP contribution in [-0.4, -0.2) is 74.3 Å². The highest BCUT2D eigenvalue weighted by atomic mass is 16.5. The number of likely N-dealkylation sites (N-methyl/N-ethyl adjacent to an activating group) is 2. The summed E-state index contributed by atoms with van der Waals surface area (Å²) in [6.07, 6.45) is 9.73. The van der Waals surface area contributed by atoms with Gasteiger partial charge in [0.05, 0.1) is 25.4 Å². The van der Waals surface area contributed by atoms with Crippen molar-refractivity contribution in [3.05, 3.63) is 108 Å². The van der Waals surface area contributed by atoms with Gasteiger partial charge in [0.1, 0.15) is 0 Å². The van der Waals surface area contributed by atoms with Crippen LogP contribution < -0.4 is 0 Å². The second-order valence-electron chi connectivity index (χ2n) is 11.0. The Hall–Kier alpha value is -3.42. The molecule has 40 heavy (non-hydrogen) atoms. The Morgan fingerprint density at radius 3 is 1.38 bits per heavy atom. The molecule has 6 heteroatoms. The number of hydrogen-bond donors (Lipinski definition) is 0. The first-order chi connectivity index (χ1) is 19.5. The molecular weight excluding hydrogens is 496 g/mol.